The maximum Gasteiger partial charge on any atom is 2.00 e. The van der Waals surface area contributed by atoms with Crippen LogP contribution in [0.5, 0.6) is 0 Å². The van der Waals surface area contributed by atoms with Gasteiger partial charge in [0.05, 0.1) is 0 Å². The summed E-state index contributed by atoms with van der Waals surface area (Å²) in [6.45, 7) is 0. The normalized spacial score (nSPS) is 8.92. The van der Waals surface area contributed by atoms with Gasteiger partial charge in [0.25, 0.3) is 0 Å². The molecular formula is C8H16CaO4. The molecule has 0 rings (SSSR count). The minimum absolute atomic E-state index is 0. The van der Waals surface area contributed by atoms with E-state index in [0.29, 0.717) is 12.8 Å². The smallest absolute Gasteiger partial charge is 1.00 e. The van der Waals surface area contributed by atoms with Crippen molar-refractivity contribution in [2.45, 2.75) is 38.5 Å². The second-order valence-electron chi connectivity index (χ2n) is 2.70. The van der Waals surface area contributed by atoms with Gasteiger partial charge in [0.1, 0.15) is 0 Å². The first-order chi connectivity index (χ1) is 5.63. The molecule has 0 heterocycles. The van der Waals surface area contributed by atoms with Crippen LogP contribution in [-0.2, 0) is 9.59 Å². The molecule has 0 unspecified atom stereocenters. The first-order valence-corrected chi connectivity index (χ1v) is 4.06. The molecular weight excluding hydrogens is 200 g/mol. The number of aliphatic carboxylic acids is 2. The average molecular weight is 216 g/mol. The molecule has 0 aromatic heterocycles. The Balaban J connectivity index is -0.000000202. The quantitative estimate of drug-likeness (QED) is 0.497. The standard InChI is InChI=1S/C8H14O4.Ca.2H/c9-7(10)5-3-1-2-4-6-8(11)12;;;/h1-6H2,(H,9,10)(H,11,12);;;/q;+2;2*-1. The van der Waals surface area contributed by atoms with Crippen LogP contribution in [0.25, 0.3) is 0 Å². The first-order valence-electron chi connectivity index (χ1n) is 4.06. The molecule has 0 aliphatic heterocycles. The van der Waals surface area contributed by atoms with Crippen molar-refractivity contribution in [1.29, 1.82) is 0 Å². The van der Waals surface area contributed by atoms with Gasteiger partial charge in [-0.25, -0.2) is 0 Å². The van der Waals surface area contributed by atoms with Gasteiger partial charge in [-0.1, -0.05) is 12.8 Å². The van der Waals surface area contributed by atoms with Gasteiger partial charge in [0, 0.05) is 12.8 Å². The van der Waals surface area contributed by atoms with E-state index in [0.717, 1.165) is 12.8 Å². The fourth-order valence-electron chi connectivity index (χ4n) is 0.906. The van der Waals surface area contributed by atoms with Crippen molar-refractivity contribution in [1.82, 2.24) is 0 Å². The molecule has 4 nitrogen and oxygen atoms in total. The van der Waals surface area contributed by atoms with E-state index < -0.39 is 11.9 Å². The molecule has 0 spiro atoms. The van der Waals surface area contributed by atoms with Crippen molar-refractivity contribution >= 4 is 49.7 Å². The van der Waals surface area contributed by atoms with Crippen LogP contribution in [0.3, 0.4) is 0 Å². The van der Waals surface area contributed by atoms with Gasteiger partial charge in [-0.15, -0.1) is 0 Å². The molecule has 0 radical (unpaired) electrons. The summed E-state index contributed by atoms with van der Waals surface area (Å²) in [7, 11) is 0. The third-order valence-corrected chi connectivity index (χ3v) is 1.53. The number of carbonyl (C=O) groups is 2. The summed E-state index contributed by atoms with van der Waals surface area (Å²) in [6, 6.07) is 0. The zero-order valence-electron chi connectivity index (χ0n) is 9.66. The molecule has 0 aliphatic carbocycles. The second kappa shape index (κ2) is 10.3. The Kier molecular flexibility index (Phi) is 12.4. The summed E-state index contributed by atoms with van der Waals surface area (Å²) in [4.78, 5) is 20.1. The topological polar surface area (TPSA) is 74.6 Å². The minimum atomic E-state index is -0.784. The fraction of sp³-hybridized carbons (Fsp3) is 0.750. The number of unbranched alkanes of at least 4 members (excludes halogenated alkanes) is 3. The van der Waals surface area contributed by atoms with E-state index in [9.17, 15) is 9.59 Å². The van der Waals surface area contributed by atoms with Crippen molar-refractivity contribution in [2.24, 2.45) is 0 Å². The average Bonchev–Trinajstić information content (AvgIpc) is 1.95. The summed E-state index contributed by atoms with van der Waals surface area (Å²) in [5.74, 6) is -1.57. The molecule has 0 saturated carbocycles. The zero-order chi connectivity index (χ0) is 9.40. The van der Waals surface area contributed by atoms with Gasteiger partial charge in [0.2, 0.25) is 0 Å². The monoisotopic (exact) mass is 216 g/mol. The van der Waals surface area contributed by atoms with Crippen LogP contribution in [0.15, 0.2) is 0 Å². The second-order valence-corrected chi connectivity index (χ2v) is 2.70. The van der Waals surface area contributed by atoms with E-state index in [1.165, 1.54) is 0 Å². The first kappa shape index (κ1) is 15.7. The molecule has 0 saturated heterocycles. The SMILES string of the molecule is O=C(O)CCCCCCC(=O)O.[Ca+2].[H-].[H-]. The van der Waals surface area contributed by atoms with Crippen LogP contribution < -0.4 is 0 Å². The van der Waals surface area contributed by atoms with Crippen molar-refractivity contribution in [3.63, 3.8) is 0 Å². The Bertz CT molecular complexity index is 149. The van der Waals surface area contributed by atoms with Crippen LogP contribution in [0.1, 0.15) is 41.4 Å². The molecule has 74 valence electrons. The Labute approximate surface area is 110 Å². The molecule has 2 N–H and O–H groups in total. The van der Waals surface area contributed by atoms with E-state index in [-0.39, 0.29) is 53.4 Å². The zero-order valence-corrected chi connectivity index (χ0v) is 9.87. The van der Waals surface area contributed by atoms with E-state index in [1.807, 2.05) is 0 Å². The predicted molar refractivity (Wildman–Crippen MR) is 51.0 cm³/mol. The van der Waals surface area contributed by atoms with Crippen molar-refractivity contribution in [2.75, 3.05) is 0 Å². The Morgan fingerprint density at radius 3 is 1.38 bits per heavy atom. The van der Waals surface area contributed by atoms with Crippen LogP contribution in [0, 0.1) is 0 Å². The maximum atomic E-state index is 10.0. The molecule has 0 atom stereocenters. The predicted octanol–water partition coefficient (Wildman–Crippen LogP) is 1.34. The number of carboxylic acids is 2. The number of hydrogen-bond donors (Lipinski definition) is 2. The Hall–Kier alpha value is 0.200. The molecule has 0 aromatic rings. The molecule has 0 fully saturated rings. The van der Waals surface area contributed by atoms with E-state index in [1.54, 1.807) is 0 Å². The van der Waals surface area contributed by atoms with Crippen LogP contribution >= 0.6 is 0 Å². The van der Waals surface area contributed by atoms with E-state index >= 15 is 0 Å². The van der Waals surface area contributed by atoms with Gasteiger partial charge in [-0.2, -0.15) is 0 Å². The van der Waals surface area contributed by atoms with Crippen molar-refractivity contribution in [3.05, 3.63) is 0 Å². The van der Waals surface area contributed by atoms with Crippen molar-refractivity contribution < 1.29 is 22.7 Å². The molecule has 0 bridgehead atoms. The van der Waals surface area contributed by atoms with Crippen molar-refractivity contribution in [3.8, 4) is 0 Å². The molecule has 0 amide bonds. The molecule has 0 aromatic carbocycles. The summed E-state index contributed by atoms with van der Waals surface area (Å²) in [5.41, 5.74) is 0. The summed E-state index contributed by atoms with van der Waals surface area (Å²) < 4.78 is 0. The fourth-order valence-corrected chi connectivity index (χ4v) is 0.906. The van der Waals surface area contributed by atoms with Gasteiger partial charge < -0.3 is 13.1 Å². The molecule has 13 heavy (non-hydrogen) atoms. The van der Waals surface area contributed by atoms with E-state index in [4.69, 9.17) is 10.2 Å². The van der Waals surface area contributed by atoms with Gasteiger partial charge in [0.15, 0.2) is 0 Å². The summed E-state index contributed by atoms with van der Waals surface area (Å²) >= 11 is 0. The van der Waals surface area contributed by atoms with Crippen LogP contribution in [0.2, 0.25) is 0 Å². The Morgan fingerprint density at radius 1 is 0.846 bits per heavy atom. The summed E-state index contributed by atoms with van der Waals surface area (Å²) in [6.07, 6.45) is 3.28. The van der Waals surface area contributed by atoms with Gasteiger partial charge in [-0.3, -0.25) is 9.59 Å². The number of hydrogen-bond acceptors (Lipinski definition) is 2. The minimum Gasteiger partial charge on any atom is -1.00 e. The van der Waals surface area contributed by atoms with Crippen LogP contribution in [-0.4, -0.2) is 59.9 Å². The maximum absolute atomic E-state index is 10.0. The van der Waals surface area contributed by atoms with Crippen LogP contribution in [0.4, 0.5) is 0 Å². The molecule has 0 aliphatic rings. The van der Waals surface area contributed by atoms with E-state index in [2.05, 4.69) is 0 Å². The molecule has 5 heteroatoms. The third kappa shape index (κ3) is 15.0. The largest absolute Gasteiger partial charge is 2.00 e. The number of rotatable bonds is 7. The van der Waals surface area contributed by atoms with Gasteiger partial charge >= 0.3 is 49.7 Å². The Morgan fingerprint density at radius 2 is 1.15 bits per heavy atom. The van der Waals surface area contributed by atoms with Gasteiger partial charge in [-0.05, 0) is 12.8 Å². The number of carboxylic acid groups (broad SMARTS) is 2. The third-order valence-electron chi connectivity index (χ3n) is 1.53. The summed E-state index contributed by atoms with van der Waals surface area (Å²) in [5, 5.41) is 16.5.